The maximum atomic E-state index is 12.8. The molecular weight excluding hydrogens is 404 g/mol. The molecular formula is C22H18N2O5S. The average molecular weight is 422 g/mol. The predicted octanol–water partition coefficient (Wildman–Crippen LogP) is 4.85. The molecule has 7 nitrogen and oxygen atoms in total. The highest BCUT2D eigenvalue weighted by molar-refractivity contribution is 7.20. The highest BCUT2D eigenvalue weighted by Crippen LogP contribution is 2.45. The Kier molecular flexibility index (Phi) is 5.33. The van der Waals surface area contributed by atoms with E-state index >= 15 is 0 Å². The van der Waals surface area contributed by atoms with Gasteiger partial charge in [-0.2, -0.15) is 0 Å². The molecule has 2 aromatic carbocycles. The van der Waals surface area contributed by atoms with E-state index in [9.17, 15) is 19.7 Å². The van der Waals surface area contributed by atoms with Crippen molar-refractivity contribution in [3.05, 3.63) is 80.9 Å². The Morgan fingerprint density at radius 1 is 1.13 bits per heavy atom. The fourth-order valence-corrected chi connectivity index (χ4v) is 4.85. The smallest absolute Gasteiger partial charge is 0.341 e. The highest BCUT2D eigenvalue weighted by Gasteiger charge is 2.29. The summed E-state index contributed by atoms with van der Waals surface area (Å²) in [6.07, 6.45) is 1.49. The lowest BCUT2D eigenvalue weighted by Crippen LogP contribution is -2.16. The molecule has 1 aromatic heterocycles. The summed E-state index contributed by atoms with van der Waals surface area (Å²) in [4.78, 5) is 36.7. The number of carbonyl (C=O) groups excluding carboxylic acids is 2. The van der Waals surface area contributed by atoms with Crippen LogP contribution in [0.25, 0.3) is 10.4 Å². The van der Waals surface area contributed by atoms with Crippen molar-refractivity contribution in [1.29, 1.82) is 0 Å². The minimum absolute atomic E-state index is 0.0954. The molecule has 3 aromatic rings. The molecule has 1 amide bonds. The maximum absolute atomic E-state index is 12.8. The van der Waals surface area contributed by atoms with Crippen LogP contribution in [0.1, 0.15) is 38.8 Å². The molecule has 1 aliphatic rings. The standard InChI is InChI=1S/C22H18N2O5S/c1-2-29-22(26)18-17-12-9-13-5-3-4-6-16(13)19(17)30-21(18)23-20(25)14-7-10-15(11-8-14)24(27)28/h3-8,10-11H,2,9,12H2,1H3,(H,23,25). The first-order valence-corrected chi connectivity index (χ1v) is 10.3. The third kappa shape index (κ3) is 3.57. The van der Waals surface area contributed by atoms with Crippen LogP contribution < -0.4 is 5.32 Å². The molecule has 30 heavy (non-hydrogen) atoms. The number of nitrogens with zero attached hydrogens (tertiary/aromatic N) is 1. The Hall–Kier alpha value is -3.52. The molecule has 0 aliphatic heterocycles. The second kappa shape index (κ2) is 8.08. The van der Waals surface area contributed by atoms with Gasteiger partial charge in [0.2, 0.25) is 0 Å². The maximum Gasteiger partial charge on any atom is 0.341 e. The van der Waals surface area contributed by atoms with Crippen molar-refractivity contribution in [2.75, 3.05) is 11.9 Å². The number of non-ortho nitro benzene ring substituents is 1. The quantitative estimate of drug-likeness (QED) is 0.360. The molecule has 152 valence electrons. The van der Waals surface area contributed by atoms with Gasteiger partial charge >= 0.3 is 5.97 Å². The van der Waals surface area contributed by atoms with Gasteiger partial charge in [0.15, 0.2) is 0 Å². The number of nitro benzene ring substituents is 1. The lowest BCUT2D eigenvalue weighted by Gasteiger charge is -2.16. The van der Waals surface area contributed by atoms with Gasteiger partial charge in [-0.25, -0.2) is 4.79 Å². The van der Waals surface area contributed by atoms with Crippen molar-refractivity contribution in [1.82, 2.24) is 0 Å². The summed E-state index contributed by atoms with van der Waals surface area (Å²) in [5.41, 5.74) is 3.71. The van der Waals surface area contributed by atoms with Crippen LogP contribution in [0.4, 0.5) is 10.7 Å². The zero-order valence-corrected chi connectivity index (χ0v) is 17.0. The summed E-state index contributed by atoms with van der Waals surface area (Å²) in [6, 6.07) is 13.3. The van der Waals surface area contributed by atoms with Gasteiger partial charge in [-0.15, -0.1) is 11.3 Å². The molecule has 1 aliphatic carbocycles. The normalized spacial score (nSPS) is 11.9. The highest BCUT2D eigenvalue weighted by atomic mass is 32.1. The van der Waals surface area contributed by atoms with Crippen molar-refractivity contribution < 1.29 is 19.2 Å². The largest absolute Gasteiger partial charge is 0.462 e. The van der Waals surface area contributed by atoms with E-state index in [-0.39, 0.29) is 17.9 Å². The SMILES string of the molecule is CCOC(=O)c1c(NC(=O)c2ccc([N+](=O)[O-])cc2)sc2c1CCc1ccccc1-2. The molecule has 0 saturated carbocycles. The van der Waals surface area contributed by atoms with Gasteiger partial charge < -0.3 is 10.1 Å². The molecule has 0 bridgehead atoms. The van der Waals surface area contributed by atoms with E-state index in [1.807, 2.05) is 18.2 Å². The Morgan fingerprint density at radius 2 is 1.87 bits per heavy atom. The number of anilines is 1. The van der Waals surface area contributed by atoms with Gasteiger partial charge in [-0.05, 0) is 48.6 Å². The fourth-order valence-electron chi connectivity index (χ4n) is 3.56. The summed E-state index contributed by atoms with van der Waals surface area (Å²) >= 11 is 1.35. The van der Waals surface area contributed by atoms with E-state index < -0.39 is 16.8 Å². The van der Waals surface area contributed by atoms with E-state index in [0.29, 0.717) is 17.0 Å². The third-order valence-corrected chi connectivity index (χ3v) is 6.14. The van der Waals surface area contributed by atoms with Gasteiger partial charge in [0, 0.05) is 22.6 Å². The minimum atomic E-state index is -0.523. The van der Waals surface area contributed by atoms with Crippen LogP contribution in [0.15, 0.2) is 48.5 Å². The van der Waals surface area contributed by atoms with Crippen molar-refractivity contribution in [2.45, 2.75) is 19.8 Å². The Balaban J connectivity index is 1.72. The van der Waals surface area contributed by atoms with Gasteiger partial charge in [0.05, 0.1) is 17.1 Å². The van der Waals surface area contributed by atoms with E-state index in [0.717, 1.165) is 22.4 Å². The number of carbonyl (C=O) groups is 2. The topological polar surface area (TPSA) is 98.5 Å². The zero-order chi connectivity index (χ0) is 21.3. The Bertz CT molecular complexity index is 1150. The number of rotatable bonds is 5. The van der Waals surface area contributed by atoms with Crippen LogP contribution in [-0.4, -0.2) is 23.4 Å². The third-order valence-electron chi connectivity index (χ3n) is 4.96. The molecule has 0 unspecified atom stereocenters. The number of benzene rings is 2. The first-order valence-electron chi connectivity index (χ1n) is 9.46. The van der Waals surface area contributed by atoms with Crippen LogP contribution in [0, 0.1) is 10.1 Å². The fraction of sp³-hybridized carbons (Fsp3) is 0.182. The van der Waals surface area contributed by atoms with Crippen molar-refractivity contribution >= 4 is 33.9 Å². The number of fused-ring (bicyclic) bond motifs is 3. The second-order valence-electron chi connectivity index (χ2n) is 6.75. The van der Waals surface area contributed by atoms with Gasteiger partial charge in [-0.1, -0.05) is 24.3 Å². The van der Waals surface area contributed by atoms with Crippen LogP contribution in [-0.2, 0) is 17.6 Å². The van der Waals surface area contributed by atoms with Crippen molar-refractivity contribution in [3.8, 4) is 10.4 Å². The summed E-state index contributed by atoms with van der Waals surface area (Å²) < 4.78 is 5.25. The van der Waals surface area contributed by atoms with E-state index in [2.05, 4.69) is 11.4 Å². The van der Waals surface area contributed by atoms with Crippen LogP contribution in [0.3, 0.4) is 0 Å². The first-order chi connectivity index (χ1) is 14.5. The van der Waals surface area contributed by atoms with Gasteiger partial charge in [0.1, 0.15) is 5.00 Å². The van der Waals surface area contributed by atoms with Gasteiger partial charge in [0.25, 0.3) is 11.6 Å². The van der Waals surface area contributed by atoms with Gasteiger partial charge in [-0.3, -0.25) is 14.9 Å². The van der Waals surface area contributed by atoms with Crippen molar-refractivity contribution in [3.63, 3.8) is 0 Å². The Labute approximate surface area is 176 Å². The number of esters is 1. The number of hydrogen-bond acceptors (Lipinski definition) is 6. The summed E-state index contributed by atoms with van der Waals surface area (Å²) in [5, 5.41) is 14.1. The average Bonchev–Trinajstić information content (AvgIpc) is 3.12. The number of hydrogen-bond donors (Lipinski definition) is 1. The monoisotopic (exact) mass is 422 g/mol. The van der Waals surface area contributed by atoms with Crippen LogP contribution in [0.5, 0.6) is 0 Å². The first kappa shape index (κ1) is 19.8. The Morgan fingerprint density at radius 3 is 2.57 bits per heavy atom. The number of ether oxygens (including phenoxy) is 1. The number of nitro groups is 1. The molecule has 1 heterocycles. The molecule has 0 radical (unpaired) electrons. The molecule has 0 spiro atoms. The molecule has 4 rings (SSSR count). The number of nitrogens with one attached hydrogen (secondary N) is 1. The lowest BCUT2D eigenvalue weighted by atomic mass is 9.89. The van der Waals surface area contributed by atoms with E-state index in [1.54, 1.807) is 6.92 Å². The van der Waals surface area contributed by atoms with E-state index in [4.69, 9.17) is 4.74 Å². The molecule has 0 fully saturated rings. The molecule has 8 heteroatoms. The van der Waals surface area contributed by atoms with Crippen LogP contribution in [0.2, 0.25) is 0 Å². The van der Waals surface area contributed by atoms with Crippen LogP contribution >= 0.6 is 11.3 Å². The molecule has 1 N–H and O–H groups in total. The van der Waals surface area contributed by atoms with E-state index in [1.165, 1.54) is 41.2 Å². The lowest BCUT2D eigenvalue weighted by molar-refractivity contribution is -0.384. The molecule has 0 atom stereocenters. The molecule has 0 saturated heterocycles. The number of amides is 1. The minimum Gasteiger partial charge on any atom is -0.462 e. The predicted molar refractivity (Wildman–Crippen MR) is 114 cm³/mol. The summed E-state index contributed by atoms with van der Waals surface area (Å²) in [5.74, 6) is -0.907. The summed E-state index contributed by atoms with van der Waals surface area (Å²) in [6.45, 7) is 1.97. The summed E-state index contributed by atoms with van der Waals surface area (Å²) in [7, 11) is 0. The number of thiophene rings is 1. The second-order valence-corrected chi connectivity index (χ2v) is 7.77. The number of aryl methyl sites for hydroxylation is 1. The zero-order valence-electron chi connectivity index (χ0n) is 16.1. The van der Waals surface area contributed by atoms with Crippen molar-refractivity contribution in [2.24, 2.45) is 0 Å².